The monoisotopic (exact) mass is 433 g/mol. The first-order chi connectivity index (χ1) is 15.3. The molecule has 0 bridgehead atoms. The molecule has 0 radical (unpaired) electrons. The molecule has 0 N–H and O–H groups in total. The Morgan fingerprint density at radius 1 is 0.774 bits per heavy atom. The Balaban J connectivity index is 1.72. The standard InChI is InChI=1S/C26H24ClNO3/c1-2-29-26-25-21(13-22(16-27)28-26)14-23(30-17-19-9-5-3-6-10-19)15-24(25)31-18-20-11-7-4-8-12-20/h3-15H,2,16-18H2,1H3. The molecule has 0 amide bonds. The summed E-state index contributed by atoms with van der Waals surface area (Å²) in [5.41, 5.74) is 2.92. The Labute approximate surface area is 187 Å². The molecular formula is C26H24ClNO3. The van der Waals surface area contributed by atoms with E-state index in [1.807, 2.05) is 85.8 Å². The van der Waals surface area contributed by atoms with Crippen molar-refractivity contribution in [3.05, 3.63) is 95.7 Å². The van der Waals surface area contributed by atoms with Gasteiger partial charge in [0.2, 0.25) is 5.88 Å². The number of pyridine rings is 1. The largest absolute Gasteiger partial charge is 0.489 e. The molecule has 0 spiro atoms. The lowest BCUT2D eigenvalue weighted by Gasteiger charge is -2.16. The number of alkyl halides is 1. The van der Waals surface area contributed by atoms with Crippen LogP contribution >= 0.6 is 11.6 Å². The Bertz CT molecular complexity index is 1130. The molecule has 4 nitrogen and oxygen atoms in total. The number of benzene rings is 3. The van der Waals surface area contributed by atoms with E-state index in [4.69, 9.17) is 25.8 Å². The summed E-state index contributed by atoms with van der Waals surface area (Å²) in [4.78, 5) is 4.57. The fraction of sp³-hybridized carbons (Fsp3) is 0.192. The SMILES string of the molecule is CCOc1nc(CCl)cc2cc(OCc3ccccc3)cc(OCc3ccccc3)c12. The quantitative estimate of drug-likeness (QED) is 0.281. The highest BCUT2D eigenvalue weighted by atomic mass is 35.5. The first-order valence-corrected chi connectivity index (χ1v) is 10.8. The van der Waals surface area contributed by atoms with E-state index in [9.17, 15) is 0 Å². The fourth-order valence-corrected chi connectivity index (χ4v) is 3.47. The summed E-state index contributed by atoms with van der Waals surface area (Å²) in [5.74, 6) is 2.20. The highest BCUT2D eigenvalue weighted by Gasteiger charge is 2.15. The van der Waals surface area contributed by atoms with E-state index in [0.29, 0.717) is 43.1 Å². The smallest absolute Gasteiger partial charge is 0.225 e. The van der Waals surface area contributed by atoms with Crippen molar-refractivity contribution in [2.45, 2.75) is 26.0 Å². The van der Waals surface area contributed by atoms with Crippen LogP contribution < -0.4 is 14.2 Å². The minimum atomic E-state index is 0.297. The third-order valence-corrected chi connectivity index (χ3v) is 5.06. The molecule has 0 fully saturated rings. The summed E-state index contributed by atoms with van der Waals surface area (Å²) in [6, 6.07) is 25.9. The van der Waals surface area contributed by atoms with E-state index < -0.39 is 0 Å². The van der Waals surface area contributed by atoms with Gasteiger partial charge in [-0.05, 0) is 35.6 Å². The van der Waals surface area contributed by atoms with Crippen molar-refractivity contribution in [2.24, 2.45) is 0 Å². The van der Waals surface area contributed by atoms with Gasteiger partial charge < -0.3 is 14.2 Å². The van der Waals surface area contributed by atoms with Crippen LogP contribution in [0.25, 0.3) is 10.8 Å². The first-order valence-electron chi connectivity index (χ1n) is 10.3. The summed E-state index contributed by atoms with van der Waals surface area (Å²) >= 11 is 6.08. The molecule has 31 heavy (non-hydrogen) atoms. The van der Waals surface area contributed by atoms with Crippen LogP contribution in [0.2, 0.25) is 0 Å². The zero-order chi connectivity index (χ0) is 21.5. The van der Waals surface area contributed by atoms with Crippen LogP contribution in [0.15, 0.2) is 78.9 Å². The Kier molecular flexibility index (Phi) is 6.90. The average molecular weight is 434 g/mol. The Morgan fingerprint density at radius 2 is 1.42 bits per heavy atom. The number of nitrogens with zero attached hydrogens (tertiary/aromatic N) is 1. The Morgan fingerprint density at radius 3 is 2.03 bits per heavy atom. The minimum absolute atomic E-state index is 0.297. The van der Waals surface area contributed by atoms with Crippen molar-refractivity contribution in [2.75, 3.05) is 6.61 Å². The third kappa shape index (κ3) is 5.28. The summed E-state index contributed by atoms with van der Waals surface area (Å²) in [5, 5.41) is 1.74. The average Bonchev–Trinajstić information content (AvgIpc) is 2.82. The molecule has 0 unspecified atom stereocenters. The normalized spacial score (nSPS) is 10.8. The topological polar surface area (TPSA) is 40.6 Å². The molecule has 0 saturated heterocycles. The molecule has 3 aromatic carbocycles. The van der Waals surface area contributed by atoms with Crippen LogP contribution in [0, 0.1) is 0 Å². The number of hydrogen-bond acceptors (Lipinski definition) is 4. The number of halogens is 1. The van der Waals surface area contributed by atoms with Crippen LogP contribution in [0.3, 0.4) is 0 Å². The van der Waals surface area contributed by atoms with Gasteiger partial charge in [0.1, 0.15) is 24.7 Å². The predicted octanol–water partition coefficient (Wildman–Crippen LogP) is 6.53. The maximum Gasteiger partial charge on any atom is 0.225 e. The van der Waals surface area contributed by atoms with Gasteiger partial charge in [0, 0.05) is 6.07 Å². The lowest BCUT2D eigenvalue weighted by molar-refractivity contribution is 0.290. The van der Waals surface area contributed by atoms with Crippen molar-refractivity contribution in [1.82, 2.24) is 4.98 Å². The highest BCUT2D eigenvalue weighted by molar-refractivity contribution is 6.17. The van der Waals surface area contributed by atoms with Gasteiger partial charge in [-0.1, -0.05) is 60.7 Å². The van der Waals surface area contributed by atoms with Gasteiger partial charge in [-0.3, -0.25) is 0 Å². The van der Waals surface area contributed by atoms with Gasteiger partial charge in [-0.15, -0.1) is 11.6 Å². The molecule has 1 aromatic heterocycles. The van der Waals surface area contributed by atoms with Crippen molar-refractivity contribution >= 4 is 22.4 Å². The van der Waals surface area contributed by atoms with Gasteiger partial charge in [0.05, 0.1) is 23.6 Å². The summed E-state index contributed by atoms with van der Waals surface area (Å²) < 4.78 is 18.2. The van der Waals surface area contributed by atoms with Crippen molar-refractivity contribution in [3.8, 4) is 17.4 Å². The second-order valence-corrected chi connectivity index (χ2v) is 7.32. The number of rotatable bonds is 9. The second kappa shape index (κ2) is 10.2. The molecule has 158 valence electrons. The number of ether oxygens (including phenoxy) is 3. The van der Waals surface area contributed by atoms with E-state index in [1.54, 1.807) is 0 Å². The minimum Gasteiger partial charge on any atom is -0.489 e. The Hall–Kier alpha value is -3.24. The third-order valence-electron chi connectivity index (χ3n) is 4.79. The molecule has 4 aromatic rings. The number of fused-ring (bicyclic) bond motifs is 1. The molecule has 4 rings (SSSR count). The van der Waals surface area contributed by atoms with Crippen LogP contribution in [0.1, 0.15) is 23.7 Å². The highest BCUT2D eigenvalue weighted by Crippen LogP contribution is 2.38. The van der Waals surface area contributed by atoms with Gasteiger partial charge in [-0.2, -0.15) is 0 Å². The number of aromatic nitrogens is 1. The zero-order valence-electron chi connectivity index (χ0n) is 17.4. The van der Waals surface area contributed by atoms with Gasteiger partial charge in [0.15, 0.2) is 0 Å². The lowest BCUT2D eigenvalue weighted by Crippen LogP contribution is -2.02. The molecule has 0 aliphatic heterocycles. The van der Waals surface area contributed by atoms with Crippen LogP contribution in [0.4, 0.5) is 0 Å². The van der Waals surface area contributed by atoms with Gasteiger partial charge in [0.25, 0.3) is 0 Å². The lowest BCUT2D eigenvalue weighted by atomic mass is 10.1. The predicted molar refractivity (Wildman–Crippen MR) is 124 cm³/mol. The zero-order valence-corrected chi connectivity index (χ0v) is 18.1. The molecular weight excluding hydrogens is 410 g/mol. The summed E-state index contributed by atoms with van der Waals surface area (Å²) in [7, 11) is 0. The van der Waals surface area contributed by atoms with E-state index >= 15 is 0 Å². The maximum absolute atomic E-state index is 6.23. The van der Waals surface area contributed by atoms with Gasteiger partial charge in [-0.25, -0.2) is 4.98 Å². The molecule has 5 heteroatoms. The summed E-state index contributed by atoms with van der Waals surface area (Å²) in [6.45, 7) is 3.33. The van der Waals surface area contributed by atoms with Gasteiger partial charge >= 0.3 is 0 Å². The molecule has 0 atom stereocenters. The number of hydrogen-bond donors (Lipinski definition) is 0. The molecule has 1 heterocycles. The van der Waals surface area contributed by atoms with Crippen LogP contribution in [0.5, 0.6) is 17.4 Å². The van der Waals surface area contributed by atoms with E-state index in [-0.39, 0.29) is 0 Å². The maximum atomic E-state index is 6.23. The van der Waals surface area contributed by atoms with E-state index in [2.05, 4.69) is 4.98 Å². The van der Waals surface area contributed by atoms with Crippen molar-refractivity contribution in [1.29, 1.82) is 0 Å². The van der Waals surface area contributed by atoms with Crippen LogP contribution in [-0.2, 0) is 19.1 Å². The van der Waals surface area contributed by atoms with E-state index in [0.717, 1.165) is 27.6 Å². The molecule has 0 aliphatic rings. The fourth-order valence-electron chi connectivity index (χ4n) is 3.33. The summed E-state index contributed by atoms with van der Waals surface area (Å²) in [6.07, 6.45) is 0. The van der Waals surface area contributed by atoms with Crippen LogP contribution in [-0.4, -0.2) is 11.6 Å². The van der Waals surface area contributed by atoms with Crippen molar-refractivity contribution < 1.29 is 14.2 Å². The molecule has 0 saturated carbocycles. The van der Waals surface area contributed by atoms with E-state index in [1.165, 1.54) is 0 Å². The van der Waals surface area contributed by atoms with Crippen molar-refractivity contribution in [3.63, 3.8) is 0 Å². The molecule has 0 aliphatic carbocycles. The second-order valence-electron chi connectivity index (χ2n) is 7.05. The first kappa shape index (κ1) is 21.0.